The van der Waals surface area contributed by atoms with E-state index in [-0.39, 0.29) is 23.1 Å². The number of carbonyl (C=O) groups is 3. The molecule has 3 amide bonds. The van der Waals surface area contributed by atoms with E-state index < -0.39 is 11.9 Å². The molecule has 0 saturated carbocycles. The topological polar surface area (TPSA) is 87.3 Å². The van der Waals surface area contributed by atoms with Gasteiger partial charge < -0.3 is 16.0 Å². The minimum absolute atomic E-state index is 0.197. The molecule has 1 fully saturated rings. The Morgan fingerprint density at radius 3 is 2.60 bits per heavy atom. The molecular formula is C23H27N3O3S. The molecule has 6 nitrogen and oxygen atoms in total. The van der Waals surface area contributed by atoms with Gasteiger partial charge in [-0.3, -0.25) is 14.4 Å². The molecule has 1 atom stereocenters. The summed E-state index contributed by atoms with van der Waals surface area (Å²) in [6, 6.07) is 1.11. The number of carbonyl (C=O) groups excluding carboxylic acids is 3. The van der Waals surface area contributed by atoms with Crippen LogP contribution in [0.2, 0.25) is 0 Å². The predicted octanol–water partition coefficient (Wildman–Crippen LogP) is 3.57. The molecule has 30 heavy (non-hydrogen) atoms. The average Bonchev–Trinajstić information content (AvgIpc) is 3.08. The monoisotopic (exact) mass is 425 g/mol. The molecule has 0 bridgehead atoms. The summed E-state index contributed by atoms with van der Waals surface area (Å²) in [5, 5.41) is 8.31. The fraction of sp³-hybridized carbons (Fsp3) is 0.261. The summed E-state index contributed by atoms with van der Waals surface area (Å²) in [7, 11) is 0. The van der Waals surface area contributed by atoms with Crippen LogP contribution in [0.3, 0.4) is 0 Å². The summed E-state index contributed by atoms with van der Waals surface area (Å²) in [5.41, 5.74) is 1.30. The standard InChI is InChI=1S/C23H27N3O3S/c1-5-11-16(21(27)26-18-12-9-10-13-24-22(18)28)17(7-3)25-23(29)20-14-15(6-2)19(8-4)30-20/h5-8,11,14,18H,2-4,9-10,12-13H2,1H3,(H,24,28)(H,25,29)(H,26,27)/b11-5-,17-16-. The van der Waals surface area contributed by atoms with Gasteiger partial charge in [0.2, 0.25) is 5.91 Å². The van der Waals surface area contributed by atoms with Crippen molar-refractivity contribution in [1.29, 1.82) is 0 Å². The Hall–Kier alpha value is -3.19. The van der Waals surface area contributed by atoms with Crippen molar-refractivity contribution < 1.29 is 14.4 Å². The summed E-state index contributed by atoms with van der Waals surface area (Å²) in [6.45, 7) is 13.6. The van der Waals surface area contributed by atoms with Crippen LogP contribution in [0.4, 0.5) is 0 Å². The summed E-state index contributed by atoms with van der Waals surface area (Å²) in [5.74, 6) is -1.01. The van der Waals surface area contributed by atoms with Crippen LogP contribution in [0.1, 0.15) is 46.3 Å². The van der Waals surface area contributed by atoms with Crippen LogP contribution in [0, 0.1) is 0 Å². The second kappa shape index (κ2) is 11.1. The maximum absolute atomic E-state index is 12.9. The Morgan fingerprint density at radius 1 is 1.23 bits per heavy atom. The quantitative estimate of drug-likeness (QED) is 0.440. The number of hydrogen-bond donors (Lipinski definition) is 3. The van der Waals surface area contributed by atoms with Crippen molar-refractivity contribution in [2.24, 2.45) is 0 Å². The van der Waals surface area contributed by atoms with Crippen LogP contribution >= 0.6 is 11.3 Å². The predicted molar refractivity (Wildman–Crippen MR) is 123 cm³/mol. The maximum atomic E-state index is 12.9. The van der Waals surface area contributed by atoms with E-state index in [1.807, 2.05) is 0 Å². The molecule has 7 heteroatoms. The number of nitrogens with one attached hydrogen (secondary N) is 3. The van der Waals surface area contributed by atoms with Gasteiger partial charge in [0.1, 0.15) is 6.04 Å². The summed E-state index contributed by atoms with van der Waals surface area (Å²) in [6.07, 6.45) is 10.3. The maximum Gasteiger partial charge on any atom is 0.265 e. The number of allylic oxidation sites excluding steroid dienone is 2. The average molecular weight is 426 g/mol. The Kier molecular flexibility index (Phi) is 8.55. The van der Waals surface area contributed by atoms with Gasteiger partial charge in [0.15, 0.2) is 0 Å². The zero-order valence-corrected chi connectivity index (χ0v) is 17.9. The SMILES string of the molecule is C=C/C(NC(=O)c1cc(C=C)c(C=C)s1)=C(\C=C/C)C(=O)NC1CCCCNC1=O. The number of thiophene rings is 1. The summed E-state index contributed by atoms with van der Waals surface area (Å²) >= 11 is 1.28. The second-order valence-corrected chi connectivity index (χ2v) is 7.72. The number of hydrogen-bond acceptors (Lipinski definition) is 4. The van der Waals surface area contributed by atoms with Gasteiger partial charge in [-0.1, -0.05) is 44.0 Å². The van der Waals surface area contributed by atoms with Crippen molar-refractivity contribution in [1.82, 2.24) is 16.0 Å². The first-order chi connectivity index (χ1) is 14.4. The minimum Gasteiger partial charge on any atom is -0.354 e. The van der Waals surface area contributed by atoms with Crippen molar-refractivity contribution >= 4 is 41.2 Å². The van der Waals surface area contributed by atoms with E-state index in [4.69, 9.17) is 0 Å². The molecule has 1 unspecified atom stereocenters. The van der Waals surface area contributed by atoms with Gasteiger partial charge in [-0.25, -0.2) is 0 Å². The third-order valence-electron chi connectivity index (χ3n) is 4.58. The van der Waals surface area contributed by atoms with Crippen molar-refractivity contribution in [3.05, 3.63) is 70.6 Å². The van der Waals surface area contributed by atoms with Gasteiger partial charge in [-0.05, 0) is 43.9 Å². The highest BCUT2D eigenvalue weighted by molar-refractivity contribution is 7.15. The lowest BCUT2D eigenvalue weighted by Gasteiger charge is -2.17. The lowest BCUT2D eigenvalue weighted by Crippen LogP contribution is -2.46. The van der Waals surface area contributed by atoms with Crippen molar-refractivity contribution in [3.8, 4) is 0 Å². The zero-order valence-electron chi connectivity index (χ0n) is 17.1. The van der Waals surface area contributed by atoms with Gasteiger partial charge in [0.25, 0.3) is 11.8 Å². The first kappa shape index (κ1) is 23.1. The van der Waals surface area contributed by atoms with Crippen molar-refractivity contribution in [2.75, 3.05) is 6.54 Å². The van der Waals surface area contributed by atoms with Gasteiger partial charge in [0, 0.05) is 11.4 Å². The van der Waals surface area contributed by atoms with Crippen LogP contribution in [0.25, 0.3) is 12.2 Å². The van der Waals surface area contributed by atoms with Gasteiger partial charge >= 0.3 is 0 Å². The molecule has 1 aliphatic heterocycles. The smallest absolute Gasteiger partial charge is 0.265 e. The molecule has 0 aliphatic carbocycles. The van der Waals surface area contributed by atoms with Crippen molar-refractivity contribution in [2.45, 2.75) is 32.2 Å². The number of amides is 3. The Balaban J connectivity index is 2.27. The molecule has 1 saturated heterocycles. The van der Waals surface area contributed by atoms with Crippen LogP contribution in [0.5, 0.6) is 0 Å². The van der Waals surface area contributed by atoms with E-state index in [2.05, 4.69) is 35.7 Å². The molecule has 3 N–H and O–H groups in total. The molecule has 1 aliphatic rings. The Labute approximate surface area is 181 Å². The zero-order chi connectivity index (χ0) is 22.1. The first-order valence-corrected chi connectivity index (χ1v) is 10.5. The Bertz CT molecular complexity index is 899. The molecule has 0 radical (unpaired) electrons. The lowest BCUT2D eigenvalue weighted by molar-refractivity contribution is -0.127. The summed E-state index contributed by atoms with van der Waals surface area (Å²) < 4.78 is 0. The second-order valence-electron chi connectivity index (χ2n) is 6.64. The molecular weight excluding hydrogens is 398 g/mol. The minimum atomic E-state index is -0.607. The van der Waals surface area contributed by atoms with Crippen LogP contribution in [-0.2, 0) is 9.59 Å². The van der Waals surface area contributed by atoms with Gasteiger partial charge in [-0.15, -0.1) is 11.3 Å². The van der Waals surface area contributed by atoms with E-state index in [9.17, 15) is 14.4 Å². The highest BCUT2D eigenvalue weighted by atomic mass is 32.1. The normalized spacial score (nSPS) is 17.4. The third kappa shape index (κ3) is 5.67. The molecule has 158 valence electrons. The highest BCUT2D eigenvalue weighted by Gasteiger charge is 2.24. The molecule has 1 aromatic rings. The summed E-state index contributed by atoms with van der Waals surface area (Å²) in [4.78, 5) is 39.1. The van der Waals surface area contributed by atoms with Crippen LogP contribution in [-0.4, -0.2) is 30.3 Å². The highest BCUT2D eigenvalue weighted by Crippen LogP contribution is 2.25. The van der Waals surface area contributed by atoms with Crippen molar-refractivity contribution in [3.63, 3.8) is 0 Å². The van der Waals surface area contributed by atoms with E-state index in [1.165, 1.54) is 17.4 Å². The fourth-order valence-corrected chi connectivity index (χ4v) is 3.94. The molecule has 0 aromatic carbocycles. The lowest BCUT2D eigenvalue weighted by atomic mass is 10.1. The fourth-order valence-electron chi connectivity index (χ4n) is 3.03. The van der Waals surface area contributed by atoms with E-state index in [1.54, 1.807) is 37.3 Å². The van der Waals surface area contributed by atoms with E-state index in [0.717, 1.165) is 23.3 Å². The van der Waals surface area contributed by atoms with Crippen LogP contribution in [0.15, 0.2) is 55.3 Å². The molecule has 1 aromatic heterocycles. The van der Waals surface area contributed by atoms with Crippen LogP contribution < -0.4 is 16.0 Å². The Morgan fingerprint density at radius 2 is 2.00 bits per heavy atom. The molecule has 2 rings (SSSR count). The third-order valence-corrected chi connectivity index (χ3v) is 5.73. The molecule has 2 heterocycles. The largest absolute Gasteiger partial charge is 0.354 e. The van der Waals surface area contributed by atoms with Gasteiger partial charge in [0.05, 0.1) is 16.1 Å². The molecule has 0 spiro atoms. The van der Waals surface area contributed by atoms with E-state index >= 15 is 0 Å². The number of rotatable bonds is 8. The van der Waals surface area contributed by atoms with Gasteiger partial charge in [-0.2, -0.15) is 0 Å². The van der Waals surface area contributed by atoms with E-state index in [0.29, 0.717) is 17.8 Å². The first-order valence-electron chi connectivity index (χ1n) is 9.73.